The lowest BCUT2D eigenvalue weighted by molar-refractivity contribution is -0.870. The molecule has 0 amide bonds. The van der Waals surface area contributed by atoms with E-state index in [0.717, 1.165) is 44.9 Å². The quantitative estimate of drug-likeness (QED) is 0.0153. The monoisotopic (exact) mass is 864 g/mol. The maximum atomic E-state index is 12.7. The number of carbonyl (C=O) groups is 2. The van der Waals surface area contributed by atoms with Gasteiger partial charge < -0.3 is 38.1 Å². The van der Waals surface area contributed by atoms with Crippen molar-refractivity contribution in [2.45, 2.75) is 161 Å². The van der Waals surface area contributed by atoms with Crippen LogP contribution in [-0.4, -0.2) is 92.5 Å². The summed E-state index contributed by atoms with van der Waals surface area (Å²) in [5, 5.41) is 20.0. The Morgan fingerprint density at radius 2 is 1.18 bits per heavy atom. The Morgan fingerprint density at radius 1 is 0.633 bits per heavy atom. The number of unbranched alkanes of at least 4 members (excludes halogenated alkanes) is 11. The van der Waals surface area contributed by atoms with E-state index in [0.29, 0.717) is 43.1 Å². The third kappa shape index (κ3) is 41.8. The van der Waals surface area contributed by atoms with E-state index in [9.17, 15) is 29.3 Å². The number of ether oxygens (including phenoxy) is 2. The molecular formula is C48H82NO10P. The number of phosphoric ester groups is 1. The van der Waals surface area contributed by atoms with Gasteiger partial charge in [0.25, 0.3) is 7.82 Å². The normalized spacial score (nSPS) is 15.4. The smallest absolute Gasteiger partial charge is 0.306 e. The molecule has 1 unspecified atom stereocenters. The van der Waals surface area contributed by atoms with Crippen LogP contribution >= 0.6 is 7.82 Å². The van der Waals surface area contributed by atoms with E-state index >= 15 is 0 Å². The fourth-order valence-corrected chi connectivity index (χ4v) is 6.22. The minimum atomic E-state index is -4.67. The highest BCUT2D eigenvalue weighted by atomic mass is 31.2. The summed E-state index contributed by atoms with van der Waals surface area (Å²) in [7, 11) is 1.04. The molecule has 0 aliphatic carbocycles. The molecular weight excluding hydrogens is 781 g/mol. The summed E-state index contributed by atoms with van der Waals surface area (Å²) in [4.78, 5) is 37.5. The Kier molecular flexibility index (Phi) is 37.1. The van der Waals surface area contributed by atoms with Gasteiger partial charge in [0, 0.05) is 12.8 Å². The number of hydrogen-bond donors (Lipinski definition) is 2. The van der Waals surface area contributed by atoms with Crippen LogP contribution in [0, 0.1) is 0 Å². The Hall–Kier alpha value is -2.89. The van der Waals surface area contributed by atoms with Gasteiger partial charge in [0.1, 0.15) is 19.8 Å². The molecule has 0 fully saturated rings. The fourth-order valence-electron chi connectivity index (χ4n) is 5.50. The number of quaternary nitrogens is 1. The first kappa shape index (κ1) is 57.1. The van der Waals surface area contributed by atoms with Crippen molar-refractivity contribution in [1.82, 2.24) is 0 Å². The molecule has 344 valence electrons. The van der Waals surface area contributed by atoms with Crippen LogP contribution in [0.5, 0.6) is 0 Å². The Bertz CT molecular complexity index is 1330. The fraction of sp³-hybridized carbons (Fsp3) is 0.667. The molecule has 0 saturated carbocycles. The predicted molar refractivity (Wildman–Crippen MR) is 243 cm³/mol. The van der Waals surface area contributed by atoms with E-state index in [2.05, 4.69) is 19.1 Å². The largest absolute Gasteiger partial charge is 0.756 e. The van der Waals surface area contributed by atoms with Gasteiger partial charge in [0.15, 0.2) is 6.10 Å². The van der Waals surface area contributed by atoms with Crippen LogP contribution in [0.25, 0.3) is 0 Å². The molecule has 0 radical (unpaired) electrons. The standard InChI is InChI=1S/C48H82NO10P/c1-6-8-10-11-12-13-14-15-16-17-18-19-20-25-33-39-48(53)59-46(43-58-60(54,55)57-41-40-49(3,4)5)42-56-47(52)38-32-24-22-21-23-29-35-45(51)37-31-27-26-30-36-44(50)34-28-9-7-2/h9,15-16,22-24,26-31,36-37,44-46,50-51H,6-8,10-14,17-21,25,32-35,38-43H2,1-5H3/b16-15-,24-22-,27-26-,28-9-,29-23-,36-30+,37-31+/t44-,45+,46-/m1/s1. The van der Waals surface area contributed by atoms with Crippen LogP contribution < -0.4 is 4.89 Å². The number of rotatable bonds is 39. The van der Waals surface area contributed by atoms with Crippen molar-refractivity contribution in [2.75, 3.05) is 47.5 Å². The minimum absolute atomic E-state index is 0.0660. The Labute approximate surface area is 364 Å². The van der Waals surface area contributed by atoms with E-state index in [1.165, 1.54) is 38.5 Å². The average molecular weight is 864 g/mol. The van der Waals surface area contributed by atoms with Gasteiger partial charge in [-0.05, 0) is 64.2 Å². The van der Waals surface area contributed by atoms with Crippen LogP contribution in [-0.2, 0) is 32.7 Å². The zero-order chi connectivity index (χ0) is 44.6. The molecule has 0 bridgehead atoms. The molecule has 0 saturated heterocycles. The average Bonchev–Trinajstić information content (AvgIpc) is 3.19. The number of aliphatic hydroxyl groups excluding tert-OH is 2. The second-order valence-electron chi connectivity index (χ2n) is 16.1. The number of phosphoric acid groups is 1. The van der Waals surface area contributed by atoms with Crippen molar-refractivity contribution in [3.05, 3.63) is 85.1 Å². The summed E-state index contributed by atoms with van der Waals surface area (Å²) in [6.07, 6.45) is 42.6. The van der Waals surface area contributed by atoms with Gasteiger partial charge >= 0.3 is 11.9 Å². The minimum Gasteiger partial charge on any atom is -0.756 e. The van der Waals surface area contributed by atoms with Gasteiger partial charge in [-0.2, -0.15) is 0 Å². The lowest BCUT2D eigenvalue weighted by atomic mass is 10.1. The van der Waals surface area contributed by atoms with Gasteiger partial charge in [0.2, 0.25) is 0 Å². The van der Waals surface area contributed by atoms with Crippen LogP contribution in [0.2, 0.25) is 0 Å². The molecule has 60 heavy (non-hydrogen) atoms. The number of allylic oxidation sites excluding steroid dienone is 10. The molecule has 0 aliphatic rings. The summed E-state index contributed by atoms with van der Waals surface area (Å²) < 4.78 is 33.7. The lowest BCUT2D eigenvalue weighted by Crippen LogP contribution is -2.37. The first-order chi connectivity index (χ1) is 28.8. The molecule has 11 nitrogen and oxygen atoms in total. The summed E-state index contributed by atoms with van der Waals surface area (Å²) >= 11 is 0. The Morgan fingerprint density at radius 3 is 1.78 bits per heavy atom. The maximum Gasteiger partial charge on any atom is 0.306 e. The van der Waals surface area contributed by atoms with Crippen molar-refractivity contribution in [2.24, 2.45) is 0 Å². The summed E-state index contributed by atoms with van der Waals surface area (Å²) in [6, 6.07) is 0. The molecule has 0 spiro atoms. The van der Waals surface area contributed by atoms with Crippen molar-refractivity contribution in [1.29, 1.82) is 0 Å². The van der Waals surface area contributed by atoms with Crippen LogP contribution in [0.15, 0.2) is 85.1 Å². The Balaban J connectivity index is 4.60. The summed E-state index contributed by atoms with van der Waals surface area (Å²) in [5.41, 5.74) is 0. The van der Waals surface area contributed by atoms with E-state index in [4.69, 9.17) is 18.5 Å². The predicted octanol–water partition coefficient (Wildman–Crippen LogP) is 10.1. The van der Waals surface area contributed by atoms with Gasteiger partial charge in [0.05, 0.1) is 40.0 Å². The van der Waals surface area contributed by atoms with Crippen molar-refractivity contribution >= 4 is 19.8 Å². The third-order valence-electron chi connectivity index (χ3n) is 9.08. The molecule has 0 aromatic rings. The molecule has 0 aliphatic heterocycles. The lowest BCUT2D eigenvalue weighted by Gasteiger charge is -2.28. The second-order valence-corrected chi connectivity index (χ2v) is 17.5. The molecule has 4 atom stereocenters. The van der Waals surface area contributed by atoms with E-state index < -0.39 is 44.7 Å². The van der Waals surface area contributed by atoms with Gasteiger partial charge in [-0.25, -0.2) is 0 Å². The van der Waals surface area contributed by atoms with Crippen LogP contribution in [0.1, 0.15) is 142 Å². The van der Waals surface area contributed by atoms with Crippen LogP contribution in [0.4, 0.5) is 0 Å². The zero-order valence-electron chi connectivity index (χ0n) is 37.8. The first-order valence-electron chi connectivity index (χ1n) is 22.5. The number of esters is 2. The highest BCUT2D eigenvalue weighted by Gasteiger charge is 2.21. The topological polar surface area (TPSA) is 152 Å². The van der Waals surface area contributed by atoms with Gasteiger partial charge in [-0.1, -0.05) is 150 Å². The molecule has 0 rings (SSSR count). The van der Waals surface area contributed by atoms with E-state index in [1.54, 1.807) is 36.5 Å². The van der Waals surface area contributed by atoms with Gasteiger partial charge in [-0.3, -0.25) is 14.2 Å². The first-order valence-corrected chi connectivity index (χ1v) is 24.0. The third-order valence-corrected chi connectivity index (χ3v) is 10.0. The molecule has 0 aromatic carbocycles. The van der Waals surface area contributed by atoms with Crippen LogP contribution in [0.3, 0.4) is 0 Å². The van der Waals surface area contributed by atoms with E-state index in [-0.39, 0.29) is 26.1 Å². The maximum absolute atomic E-state index is 12.7. The summed E-state index contributed by atoms with van der Waals surface area (Å²) in [6.45, 7) is 3.79. The molecule has 2 N–H and O–H groups in total. The number of nitrogens with zero attached hydrogens (tertiary/aromatic N) is 1. The number of aliphatic hydroxyl groups is 2. The molecule has 0 heterocycles. The SMILES string of the molecule is CC/C=C\C[C@@H](O)/C=C/C=C\C=C\[C@@H](O)C/C=C\C/C=C\CCC(=O)OC[C@H](COP(=O)([O-])OCC[N+](C)(C)C)OC(=O)CCCCCCC/C=C\CCCCCCCC. The van der Waals surface area contributed by atoms with Crippen molar-refractivity contribution in [3.63, 3.8) is 0 Å². The van der Waals surface area contributed by atoms with Crippen molar-refractivity contribution < 1.29 is 52.3 Å². The number of hydrogen-bond acceptors (Lipinski definition) is 10. The highest BCUT2D eigenvalue weighted by Crippen LogP contribution is 2.38. The zero-order valence-corrected chi connectivity index (χ0v) is 38.7. The summed E-state index contributed by atoms with van der Waals surface area (Å²) in [5.74, 6) is -1.02. The second kappa shape index (κ2) is 39.0. The number of likely N-dealkylation sites (N-methyl/N-ethyl adjacent to an activating group) is 1. The van der Waals surface area contributed by atoms with Gasteiger partial charge in [-0.15, -0.1) is 0 Å². The van der Waals surface area contributed by atoms with E-state index in [1.807, 2.05) is 64.5 Å². The highest BCUT2D eigenvalue weighted by molar-refractivity contribution is 7.45. The number of carbonyl (C=O) groups excluding carboxylic acids is 2. The van der Waals surface area contributed by atoms with Crippen molar-refractivity contribution in [3.8, 4) is 0 Å². The molecule has 12 heteroatoms. The molecule has 0 aromatic heterocycles.